The van der Waals surface area contributed by atoms with Crippen LogP contribution in [0.25, 0.3) is 0 Å². The van der Waals surface area contributed by atoms with Gasteiger partial charge >= 0.3 is 0 Å². The zero-order chi connectivity index (χ0) is 12.0. The molecule has 0 aliphatic rings. The van der Waals surface area contributed by atoms with Crippen molar-refractivity contribution in [2.24, 2.45) is 7.05 Å². The summed E-state index contributed by atoms with van der Waals surface area (Å²) < 4.78 is 2.02. The number of aryl methyl sites for hydroxylation is 2. The van der Waals surface area contributed by atoms with E-state index in [4.69, 9.17) is 0 Å². The Bertz CT molecular complexity index is 304. The first kappa shape index (κ1) is 13.2. The largest absolute Gasteiger partial charge is 0.312 e. The van der Waals surface area contributed by atoms with Gasteiger partial charge in [0, 0.05) is 13.1 Å². The highest BCUT2D eigenvalue weighted by molar-refractivity contribution is 5.14. The van der Waals surface area contributed by atoms with Crippen LogP contribution in [0.5, 0.6) is 0 Å². The van der Waals surface area contributed by atoms with Crippen molar-refractivity contribution in [1.82, 2.24) is 15.1 Å². The minimum atomic E-state index is 0.448. The van der Waals surface area contributed by atoms with Crippen molar-refractivity contribution in [2.45, 2.75) is 52.0 Å². The minimum Gasteiger partial charge on any atom is -0.312 e. The van der Waals surface area contributed by atoms with Crippen molar-refractivity contribution in [3.63, 3.8) is 0 Å². The molecule has 3 heteroatoms. The summed E-state index contributed by atoms with van der Waals surface area (Å²) in [7, 11) is 4.08. The molecule has 1 atom stereocenters. The van der Waals surface area contributed by atoms with Crippen LogP contribution in [-0.4, -0.2) is 16.8 Å². The van der Waals surface area contributed by atoms with Gasteiger partial charge in [0.15, 0.2) is 0 Å². The van der Waals surface area contributed by atoms with E-state index >= 15 is 0 Å². The molecule has 0 bridgehead atoms. The van der Waals surface area contributed by atoms with Gasteiger partial charge in [0.2, 0.25) is 0 Å². The lowest BCUT2D eigenvalue weighted by Gasteiger charge is -2.16. The number of hydrogen-bond donors (Lipinski definition) is 1. The molecule has 0 fully saturated rings. The van der Waals surface area contributed by atoms with Crippen LogP contribution in [0.15, 0.2) is 6.07 Å². The van der Waals surface area contributed by atoms with E-state index in [0.717, 1.165) is 6.42 Å². The first-order valence-corrected chi connectivity index (χ1v) is 6.43. The lowest BCUT2D eigenvalue weighted by Crippen LogP contribution is -2.19. The Hall–Kier alpha value is -0.830. The van der Waals surface area contributed by atoms with Gasteiger partial charge in [0.25, 0.3) is 0 Å². The molecule has 0 saturated heterocycles. The van der Waals surface area contributed by atoms with Crippen molar-refractivity contribution in [3.8, 4) is 0 Å². The van der Waals surface area contributed by atoms with Gasteiger partial charge in [-0.15, -0.1) is 0 Å². The van der Waals surface area contributed by atoms with E-state index in [0.29, 0.717) is 6.04 Å². The molecule has 0 aliphatic carbocycles. The molecule has 16 heavy (non-hydrogen) atoms. The van der Waals surface area contributed by atoms with Crippen LogP contribution in [0, 0.1) is 0 Å². The molecule has 0 radical (unpaired) electrons. The lowest BCUT2D eigenvalue weighted by molar-refractivity contribution is 0.480. The monoisotopic (exact) mass is 223 g/mol. The van der Waals surface area contributed by atoms with Gasteiger partial charge in [-0.1, -0.05) is 33.1 Å². The molecule has 1 rings (SSSR count). The van der Waals surface area contributed by atoms with Crippen LogP contribution in [0.4, 0.5) is 0 Å². The zero-order valence-corrected chi connectivity index (χ0v) is 11.1. The van der Waals surface area contributed by atoms with Gasteiger partial charge in [-0.25, -0.2) is 0 Å². The van der Waals surface area contributed by atoms with Crippen molar-refractivity contribution >= 4 is 0 Å². The van der Waals surface area contributed by atoms with Gasteiger partial charge in [-0.05, 0) is 26.0 Å². The Morgan fingerprint density at radius 3 is 2.62 bits per heavy atom. The average molecular weight is 223 g/mol. The van der Waals surface area contributed by atoms with Gasteiger partial charge in [0.1, 0.15) is 0 Å². The maximum Gasteiger partial charge on any atom is 0.0625 e. The SMILES string of the molecule is CCCCCC(NC)c1cc(CC)nn1C. The topological polar surface area (TPSA) is 29.9 Å². The van der Waals surface area contributed by atoms with E-state index in [-0.39, 0.29) is 0 Å². The second kappa shape index (κ2) is 6.69. The Balaban J connectivity index is 2.66. The average Bonchev–Trinajstić information content (AvgIpc) is 2.66. The van der Waals surface area contributed by atoms with Crippen LogP contribution in [-0.2, 0) is 13.5 Å². The lowest BCUT2D eigenvalue weighted by atomic mass is 10.1. The Labute approximate surface area is 99.2 Å². The summed E-state index contributed by atoms with van der Waals surface area (Å²) in [5, 5.41) is 7.90. The number of aromatic nitrogens is 2. The third kappa shape index (κ3) is 3.34. The fourth-order valence-electron chi connectivity index (χ4n) is 2.08. The zero-order valence-electron chi connectivity index (χ0n) is 11.1. The molecule has 1 aromatic rings. The molecule has 1 unspecified atom stereocenters. The molecular formula is C13H25N3. The summed E-state index contributed by atoms with van der Waals surface area (Å²) in [5.41, 5.74) is 2.50. The first-order chi connectivity index (χ1) is 7.72. The van der Waals surface area contributed by atoms with E-state index in [1.807, 2.05) is 18.8 Å². The number of nitrogens with zero attached hydrogens (tertiary/aromatic N) is 2. The van der Waals surface area contributed by atoms with Gasteiger partial charge in [-0.2, -0.15) is 5.10 Å². The number of rotatable bonds is 7. The molecule has 0 saturated carbocycles. The quantitative estimate of drug-likeness (QED) is 0.720. The smallest absolute Gasteiger partial charge is 0.0625 e. The van der Waals surface area contributed by atoms with E-state index in [1.165, 1.54) is 37.1 Å². The fourth-order valence-corrected chi connectivity index (χ4v) is 2.08. The molecule has 92 valence electrons. The standard InChI is InChI=1S/C13H25N3/c1-5-7-8-9-12(14-3)13-10-11(6-2)15-16(13)4/h10,12,14H,5-9H2,1-4H3. The van der Waals surface area contributed by atoms with Crippen molar-refractivity contribution in [2.75, 3.05) is 7.05 Å². The van der Waals surface area contributed by atoms with Crippen LogP contribution >= 0.6 is 0 Å². The summed E-state index contributed by atoms with van der Waals surface area (Å²) >= 11 is 0. The maximum absolute atomic E-state index is 4.50. The third-order valence-corrected chi connectivity index (χ3v) is 3.13. The number of nitrogens with one attached hydrogen (secondary N) is 1. The van der Waals surface area contributed by atoms with Crippen molar-refractivity contribution in [1.29, 1.82) is 0 Å². The highest BCUT2D eigenvalue weighted by Gasteiger charge is 2.14. The van der Waals surface area contributed by atoms with E-state index in [2.05, 4.69) is 30.3 Å². The number of hydrogen-bond acceptors (Lipinski definition) is 2. The summed E-state index contributed by atoms with van der Waals surface area (Å²) in [6.07, 6.45) is 6.10. The molecule has 1 heterocycles. The second-order valence-electron chi connectivity index (χ2n) is 4.37. The van der Waals surface area contributed by atoms with Crippen LogP contribution < -0.4 is 5.32 Å². The minimum absolute atomic E-state index is 0.448. The highest BCUT2D eigenvalue weighted by atomic mass is 15.3. The van der Waals surface area contributed by atoms with Gasteiger partial charge in [-0.3, -0.25) is 4.68 Å². The van der Waals surface area contributed by atoms with E-state index in [9.17, 15) is 0 Å². The normalized spacial score (nSPS) is 13.0. The predicted octanol–water partition coefficient (Wildman–Crippen LogP) is 2.82. The Morgan fingerprint density at radius 2 is 2.12 bits per heavy atom. The summed E-state index contributed by atoms with van der Waals surface area (Å²) in [6, 6.07) is 2.68. The van der Waals surface area contributed by atoms with Crippen LogP contribution in [0.2, 0.25) is 0 Å². The highest BCUT2D eigenvalue weighted by Crippen LogP contribution is 2.20. The molecule has 0 amide bonds. The Kier molecular flexibility index (Phi) is 5.53. The van der Waals surface area contributed by atoms with Gasteiger partial charge < -0.3 is 5.32 Å². The van der Waals surface area contributed by atoms with E-state index in [1.54, 1.807) is 0 Å². The molecule has 1 aromatic heterocycles. The predicted molar refractivity (Wildman–Crippen MR) is 68.5 cm³/mol. The third-order valence-electron chi connectivity index (χ3n) is 3.13. The van der Waals surface area contributed by atoms with E-state index < -0.39 is 0 Å². The number of unbranched alkanes of at least 4 members (excludes halogenated alkanes) is 2. The Morgan fingerprint density at radius 1 is 1.38 bits per heavy atom. The fraction of sp³-hybridized carbons (Fsp3) is 0.769. The first-order valence-electron chi connectivity index (χ1n) is 6.43. The second-order valence-corrected chi connectivity index (χ2v) is 4.37. The summed E-state index contributed by atoms with van der Waals surface area (Å²) in [5.74, 6) is 0. The molecule has 1 N–H and O–H groups in total. The maximum atomic E-state index is 4.50. The summed E-state index contributed by atoms with van der Waals surface area (Å²) in [6.45, 7) is 4.39. The molecule has 0 aromatic carbocycles. The molecule has 0 aliphatic heterocycles. The molecule has 3 nitrogen and oxygen atoms in total. The van der Waals surface area contributed by atoms with Crippen LogP contribution in [0.1, 0.15) is 57.0 Å². The molecular weight excluding hydrogens is 198 g/mol. The summed E-state index contributed by atoms with van der Waals surface area (Å²) in [4.78, 5) is 0. The van der Waals surface area contributed by atoms with Crippen molar-refractivity contribution < 1.29 is 0 Å². The molecule has 0 spiro atoms. The van der Waals surface area contributed by atoms with Crippen LogP contribution in [0.3, 0.4) is 0 Å². The van der Waals surface area contributed by atoms with Gasteiger partial charge in [0.05, 0.1) is 11.4 Å². The van der Waals surface area contributed by atoms with Crippen molar-refractivity contribution in [3.05, 3.63) is 17.5 Å².